The maximum Gasteiger partial charge on any atom is 0.349 e. The summed E-state index contributed by atoms with van der Waals surface area (Å²) in [6, 6.07) is 1.75. The van der Waals surface area contributed by atoms with Gasteiger partial charge in [-0.05, 0) is 19.9 Å². The third-order valence-corrected chi connectivity index (χ3v) is 2.60. The lowest BCUT2D eigenvalue weighted by atomic mass is 10.4. The van der Waals surface area contributed by atoms with Crippen molar-refractivity contribution in [2.75, 3.05) is 25.0 Å². The largest absolute Gasteiger partial charge is 0.369 e. The lowest BCUT2D eigenvalue weighted by Gasteiger charge is -2.07. The fraction of sp³-hybridized carbons (Fsp3) is 0.545. The Morgan fingerprint density at radius 3 is 3.00 bits per heavy atom. The van der Waals surface area contributed by atoms with E-state index in [-0.39, 0.29) is 5.69 Å². The summed E-state index contributed by atoms with van der Waals surface area (Å²) in [5, 5.41) is 12.8. The third kappa shape index (κ3) is 2.67. The van der Waals surface area contributed by atoms with E-state index in [1.54, 1.807) is 13.0 Å². The number of aromatic amines is 1. The van der Waals surface area contributed by atoms with E-state index in [4.69, 9.17) is 0 Å². The molecule has 0 saturated carbocycles. The molecule has 2 aromatic rings. The number of aromatic nitrogens is 4. The van der Waals surface area contributed by atoms with Gasteiger partial charge in [-0.25, -0.2) is 19.3 Å². The van der Waals surface area contributed by atoms with Gasteiger partial charge in [0.15, 0.2) is 5.65 Å². The summed E-state index contributed by atoms with van der Waals surface area (Å²) < 4.78 is 1.44. The van der Waals surface area contributed by atoms with Crippen LogP contribution < -0.4 is 16.3 Å². The van der Waals surface area contributed by atoms with Crippen molar-refractivity contribution < 1.29 is 0 Å². The molecule has 0 aliphatic carbocycles. The van der Waals surface area contributed by atoms with Crippen LogP contribution in [0.15, 0.2) is 10.9 Å². The molecule has 0 aliphatic heterocycles. The van der Waals surface area contributed by atoms with E-state index in [9.17, 15) is 4.79 Å². The second kappa shape index (κ2) is 5.63. The summed E-state index contributed by atoms with van der Waals surface area (Å²) in [7, 11) is 0. The van der Waals surface area contributed by atoms with Crippen LogP contribution in [0.5, 0.6) is 0 Å². The molecule has 7 nitrogen and oxygen atoms in total. The molecule has 0 radical (unpaired) electrons. The number of nitrogens with zero attached hydrogens (tertiary/aromatic N) is 3. The average molecular weight is 250 g/mol. The minimum atomic E-state index is -0.258. The van der Waals surface area contributed by atoms with Gasteiger partial charge in [0.25, 0.3) is 0 Å². The first-order valence-corrected chi connectivity index (χ1v) is 6.11. The van der Waals surface area contributed by atoms with Gasteiger partial charge in [0.05, 0.1) is 0 Å². The van der Waals surface area contributed by atoms with Crippen LogP contribution in [0.3, 0.4) is 0 Å². The molecular formula is C11H18N6O. The van der Waals surface area contributed by atoms with Crippen LogP contribution in [-0.4, -0.2) is 39.2 Å². The van der Waals surface area contributed by atoms with Crippen molar-refractivity contribution in [3.8, 4) is 0 Å². The second-order valence-corrected chi connectivity index (χ2v) is 4.09. The van der Waals surface area contributed by atoms with E-state index < -0.39 is 0 Å². The maximum atomic E-state index is 11.4. The Hall–Kier alpha value is -1.89. The monoisotopic (exact) mass is 250 g/mol. The van der Waals surface area contributed by atoms with Crippen molar-refractivity contribution in [2.45, 2.75) is 20.3 Å². The van der Waals surface area contributed by atoms with Crippen LogP contribution in [-0.2, 0) is 0 Å². The number of H-pyrrole nitrogens is 1. The number of rotatable bonds is 6. The molecule has 18 heavy (non-hydrogen) atoms. The molecule has 7 heteroatoms. The molecular weight excluding hydrogens is 232 g/mol. The quantitative estimate of drug-likeness (QED) is 0.635. The van der Waals surface area contributed by atoms with E-state index in [2.05, 4.69) is 32.7 Å². The molecule has 0 aromatic carbocycles. The Morgan fingerprint density at radius 1 is 1.39 bits per heavy atom. The Kier molecular flexibility index (Phi) is 3.93. The molecule has 0 unspecified atom stereocenters. The second-order valence-electron chi connectivity index (χ2n) is 4.09. The van der Waals surface area contributed by atoms with E-state index in [0.717, 1.165) is 31.9 Å². The van der Waals surface area contributed by atoms with Crippen molar-refractivity contribution >= 4 is 11.5 Å². The summed E-state index contributed by atoms with van der Waals surface area (Å²) in [4.78, 5) is 15.7. The fourth-order valence-corrected chi connectivity index (χ4v) is 1.77. The molecule has 0 saturated heterocycles. The lowest BCUT2D eigenvalue weighted by molar-refractivity contribution is 0.687. The van der Waals surface area contributed by atoms with Gasteiger partial charge < -0.3 is 10.6 Å². The normalized spacial score (nSPS) is 11.0. The van der Waals surface area contributed by atoms with Gasteiger partial charge in [-0.2, -0.15) is 5.10 Å². The number of aryl methyl sites for hydroxylation is 1. The molecule has 0 aliphatic rings. The van der Waals surface area contributed by atoms with Crippen molar-refractivity contribution in [3.63, 3.8) is 0 Å². The van der Waals surface area contributed by atoms with Crippen LogP contribution in [0.2, 0.25) is 0 Å². The molecule has 3 N–H and O–H groups in total. The number of hydrogen-bond donors (Lipinski definition) is 3. The molecule has 0 spiro atoms. The Labute approximate surface area is 105 Å². The van der Waals surface area contributed by atoms with E-state index >= 15 is 0 Å². The van der Waals surface area contributed by atoms with E-state index in [0.29, 0.717) is 11.5 Å². The zero-order valence-electron chi connectivity index (χ0n) is 10.7. The first kappa shape index (κ1) is 12.6. The van der Waals surface area contributed by atoms with Crippen LogP contribution in [0.1, 0.15) is 19.2 Å². The van der Waals surface area contributed by atoms with E-state index in [1.807, 2.05) is 0 Å². The van der Waals surface area contributed by atoms with Gasteiger partial charge in [0.1, 0.15) is 11.6 Å². The molecule has 0 bridgehead atoms. The van der Waals surface area contributed by atoms with Gasteiger partial charge >= 0.3 is 5.69 Å². The third-order valence-electron chi connectivity index (χ3n) is 2.60. The van der Waals surface area contributed by atoms with Crippen LogP contribution in [0, 0.1) is 6.92 Å². The molecule has 2 aromatic heterocycles. The van der Waals surface area contributed by atoms with Crippen LogP contribution >= 0.6 is 0 Å². The molecule has 0 atom stereocenters. The molecule has 2 heterocycles. The molecule has 0 fully saturated rings. The van der Waals surface area contributed by atoms with E-state index in [1.165, 1.54) is 4.40 Å². The molecule has 0 amide bonds. The average Bonchev–Trinajstić information content (AvgIpc) is 2.71. The molecule has 2 rings (SSSR count). The lowest BCUT2D eigenvalue weighted by Crippen LogP contribution is -2.23. The van der Waals surface area contributed by atoms with Gasteiger partial charge in [-0.1, -0.05) is 6.92 Å². The van der Waals surface area contributed by atoms with Crippen molar-refractivity contribution in [1.82, 2.24) is 24.9 Å². The summed E-state index contributed by atoms with van der Waals surface area (Å²) in [6.07, 6.45) is 1.12. The van der Waals surface area contributed by atoms with Gasteiger partial charge in [-0.15, -0.1) is 0 Å². The molecule has 98 valence electrons. The SMILES string of the molecule is CCCNCCNc1cc2n[nH]c(=O)n2c(C)n1. The highest BCUT2D eigenvalue weighted by Gasteiger charge is 2.06. The summed E-state index contributed by atoms with van der Waals surface area (Å²) in [5.41, 5.74) is 0.322. The maximum absolute atomic E-state index is 11.4. The smallest absolute Gasteiger partial charge is 0.349 e. The standard InChI is InChI=1S/C11H18N6O/c1-3-4-12-5-6-13-9-7-10-15-16-11(18)17(10)8(2)14-9/h7,12-13H,3-6H2,1-2H3,(H,16,18). The first-order chi connectivity index (χ1) is 8.72. The number of fused-ring (bicyclic) bond motifs is 1. The Bertz CT molecular complexity index is 572. The van der Waals surface area contributed by atoms with Crippen LogP contribution in [0.25, 0.3) is 5.65 Å². The fourth-order valence-electron chi connectivity index (χ4n) is 1.77. The predicted octanol–water partition coefficient (Wildman–Crippen LogP) is 0.138. The van der Waals surface area contributed by atoms with Crippen molar-refractivity contribution in [2.24, 2.45) is 0 Å². The zero-order chi connectivity index (χ0) is 13.0. The Balaban J connectivity index is 2.03. The Morgan fingerprint density at radius 2 is 2.22 bits per heavy atom. The predicted molar refractivity (Wildman–Crippen MR) is 70.0 cm³/mol. The van der Waals surface area contributed by atoms with Gasteiger partial charge in [0.2, 0.25) is 0 Å². The van der Waals surface area contributed by atoms with Crippen molar-refractivity contribution in [1.29, 1.82) is 0 Å². The summed E-state index contributed by atoms with van der Waals surface area (Å²) >= 11 is 0. The number of hydrogen-bond acceptors (Lipinski definition) is 5. The first-order valence-electron chi connectivity index (χ1n) is 6.11. The number of anilines is 1. The van der Waals surface area contributed by atoms with Crippen LogP contribution in [0.4, 0.5) is 5.82 Å². The highest BCUT2D eigenvalue weighted by atomic mass is 16.1. The number of nitrogens with one attached hydrogen (secondary N) is 3. The minimum absolute atomic E-state index is 0.258. The highest BCUT2D eigenvalue weighted by Crippen LogP contribution is 2.06. The van der Waals surface area contributed by atoms with Gasteiger partial charge in [-0.3, -0.25) is 0 Å². The minimum Gasteiger partial charge on any atom is -0.369 e. The zero-order valence-corrected chi connectivity index (χ0v) is 10.7. The summed E-state index contributed by atoms with van der Waals surface area (Å²) in [6.45, 7) is 6.60. The highest BCUT2D eigenvalue weighted by molar-refractivity contribution is 5.49. The summed E-state index contributed by atoms with van der Waals surface area (Å²) in [5.74, 6) is 1.35. The topological polar surface area (TPSA) is 87.1 Å². The van der Waals surface area contributed by atoms with Crippen molar-refractivity contribution in [3.05, 3.63) is 22.4 Å². The van der Waals surface area contributed by atoms with Gasteiger partial charge in [0, 0.05) is 19.2 Å².